The number of fused-ring (bicyclic) bond motifs is 1. The summed E-state index contributed by atoms with van der Waals surface area (Å²) in [6.45, 7) is 4.31. The zero-order valence-electron chi connectivity index (χ0n) is 19.2. The summed E-state index contributed by atoms with van der Waals surface area (Å²) in [6.07, 6.45) is 2.54. The number of carbonyl (C=O) groups is 2. The zero-order valence-corrected chi connectivity index (χ0v) is 19.2. The fraction of sp³-hybridized carbons (Fsp3) is 0.308. The minimum atomic E-state index is -0.393. The topological polar surface area (TPSA) is 90.4 Å². The second-order valence-electron chi connectivity index (χ2n) is 8.46. The third-order valence-electron chi connectivity index (χ3n) is 5.95. The smallest absolute Gasteiger partial charge is 0.258 e. The quantitative estimate of drug-likeness (QED) is 0.587. The Morgan fingerprint density at radius 2 is 1.70 bits per heavy atom. The van der Waals surface area contributed by atoms with Gasteiger partial charge in [0.2, 0.25) is 5.95 Å². The van der Waals surface area contributed by atoms with Crippen molar-refractivity contribution in [2.75, 3.05) is 19.5 Å². The lowest BCUT2D eigenvalue weighted by molar-refractivity contribution is 0.0962. The van der Waals surface area contributed by atoms with Crippen molar-refractivity contribution in [1.29, 1.82) is 0 Å². The van der Waals surface area contributed by atoms with Crippen LogP contribution in [0.1, 0.15) is 69.6 Å². The van der Waals surface area contributed by atoms with E-state index in [0.717, 1.165) is 5.56 Å². The van der Waals surface area contributed by atoms with E-state index >= 15 is 0 Å². The standard InChI is InChI=1S/C26H27N3O4/c1-15(2)16-5-7-17(8-6-16)18-11-23-22(24(30)12-18)14-27-26(28-23)29-25(31)19-9-20(32-3)13-21(10-19)33-4/h5-10,13-15,18H,11-12H2,1-4H3,(H,27,28,29,31)/t18-/m0/s1. The lowest BCUT2D eigenvalue weighted by atomic mass is 9.81. The lowest BCUT2D eigenvalue weighted by Gasteiger charge is -2.23. The van der Waals surface area contributed by atoms with Gasteiger partial charge >= 0.3 is 0 Å². The highest BCUT2D eigenvalue weighted by Crippen LogP contribution is 2.33. The predicted octanol–water partition coefficient (Wildman–Crippen LogP) is 4.78. The average molecular weight is 446 g/mol. The Hall–Kier alpha value is -3.74. The molecule has 1 aliphatic carbocycles. The van der Waals surface area contributed by atoms with Gasteiger partial charge in [-0.15, -0.1) is 0 Å². The fourth-order valence-corrected chi connectivity index (χ4v) is 4.01. The number of aromatic nitrogens is 2. The molecule has 0 saturated carbocycles. The highest BCUT2D eigenvalue weighted by atomic mass is 16.5. The van der Waals surface area contributed by atoms with Crippen LogP contribution < -0.4 is 14.8 Å². The van der Waals surface area contributed by atoms with E-state index < -0.39 is 5.91 Å². The van der Waals surface area contributed by atoms with E-state index in [2.05, 4.69) is 53.4 Å². The van der Waals surface area contributed by atoms with E-state index in [1.807, 2.05) is 0 Å². The van der Waals surface area contributed by atoms with Crippen LogP contribution in [0.3, 0.4) is 0 Å². The summed E-state index contributed by atoms with van der Waals surface area (Å²) >= 11 is 0. The van der Waals surface area contributed by atoms with Crippen LogP contribution in [-0.2, 0) is 6.42 Å². The number of carbonyl (C=O) groups excluding carboxylic acids is 2. The van der Waals surface area contributed by atoms with Gasteiger partial charge in [0, 0.05) is 24.2 Å². The van der Waals surface area contributed by atoms with Crippen LogP contribution in [0, 0.1) is 0 Å². The SMILES string of the molecule is COc1cc(OC)cc(C(=O)Nc2ncc3c(n2)C[C@H](c2ccc(C(C)C)cc2)CC3=O)c1. The van der Waals surface area contributed by atoms with E-state index in [-0.39, 0.29) is 17.6 Å². The third-order valence-corrected chi connectivity index (χ3v) is 5.95. The number of nitrogens with one attached hydrogen (secondary N) is 1. The molecule has 0 aliphatic heterocycles. The van der Waals surface area contributed by atoms with Crippen molar-refractivity contribution in [1.82, 2.24) is 9.97 Å². The summed E-state index contributed by atoms with van der Waals surface area (Å²) in [5, 5.41) is 2.72. The van der Waals surface area contributed by atoms with Crippen LogP contribution in [0.5, 0.6) is 11.5 Å². The first-order valence-electron chi connectivity index (χ1n) is 10.9. The van der Waals surface area contributed by atoms with Crippen LogP contribution >= 0.6 is 0 Å². The molecule has 1 atom stereocenters. The number of amides is 1. The number of hydrogen-bond acceptors (Lipinski definition) is 6. The summed E-state index contributed by atoms with van der Waals surface area (Å²) in [6, 6.07) is 13.3. The fourth-order valence-electron chi connectivity index (χ4n) is 4.01. The molecule has 0 saturated heterocycles. The number of ketones is 1. The van der Waals surface area contributed by atoms with Gasteiger partial charge in [-0.1, -0.05) is 38.1 Å². The van der Waals surface area contributed by atoms with Crippen LogP contribution in [0.2, 0.25) is 0 Å². The zero-order chi connectivity index (χ0) is 23.5. The maximum atomic E-state index is 12.8. The number of hydrogen-bond donors (Lipinski definition) is 1. The van der Waals surface area contributed by atoms with Gasteiger partial charge in [-0.2, -0.15) is 0 Å². The van der Waals surface area contributed by atoms with Crippen molar-refractivity contribution in [3.63, 3.8) is 0 Å². The first-order chi connectivity index (χ1) is 15.9. The summed E-state index contributed by atoms with van der Waals surface area (Å²) in [5.41, 5.74) is 3.91. The van der Waals surface area contributed by atoms with Crippen LogP contribution in [0.4, 0.5) is 5.95 Å². The number of ether oxygens (including phenoxy) is 2. The number of methoxy groups -OCH3 is 2. The molecule has 1 aromatic heterocycles. The molecule has 0 spiro atoms. The molecule has 1 aliphatic rings. The van der Waals surface area contributed by atoms with Gasteiger partial charge in [-0.05, 0) is 41.5 Å². The van der Waals surface area contributed by atoms with Crippen LogP contribution in [-0.4, -0.2) is 35.9 Å². The minimum absolute atomic E-state index is 0.0181. The normalized spacial score (nSPS) is 15.2. The number of benzene rings is 2. The van der Waals surface area contributed by atoms with Gasteiger partial charge in [0.1, 0.15) is 11.5 Å². The number of Topliss-reactive ketones (excluding diaryl/α,β-unsaturated/α-hetero) is 1. The molecule has 1 N–H and O–H groups in total. The van der Waals surface area contributed by atoms with E-state index in [1.54, 1.807) is 18.2 Å². The van der Waals surface area contributed by atoms with Crippen LogP contribution in [0.25, 0.3) is 0 Å². The molecule has 1 heterocycles. The van der Waals surface area contributed by atoms with Gasteiger partial charge in [-0.3, -0.25) is 14.9 Å². The summed E-state index contributed by atoms with van der Waals surface area (Å²) in [4.78, 5) is 34.2. The molecule has 1 amide bonds. The summed E-state index contributed by atoms with van der Waals surface area (Å²) in [7, 11) is 3.04. The predicted molar refractivity (Wildman–Crippen MR) is 125 cm³/mol. The second-order valence-corrected chi connectivity index (χ2v) is 8.46. The van der Waals surface area contributed by atoms with E-state index in [9.17, 15) is 9.59 Å². The van der Waals surface area contributed by atoms with Crippen molar-refractivity contribution in [2.45, 2.75) is 38.5 Å². The van der Waals surface area contributed by atoms with E-state index in [0.29, 0.717) is 47.1 Å². The van der Waals surface area contributed by atoms with Gasteiger partial charge in [-0.25, -0.2) is 9.97 Å². The number of rotatable bonds is 6. The molecule has 0 bridgehead atoms. The highest BCUT2D eigenvalue weighted by Gasteiger charge is 2.28. The largest absolute Gasteiger partial charge is 0.497 e. The van der Waals surface area contributed by atoms with Crippen molar-refractivity contribution in [3.05, 3.63) is 76.6 Å². The Morgan fingerprint density at radius 1 is 1.03 bits per heavy atom. The molecule has 4 rings (SSSR count). The van der Waals surface area contributed by atoms with E-state index in [1.165, 1.54) is 26.0 Å². The Morgan fingerprint density at radius 3 is 2.30 bits per heavy atom. The molecule has 7 heteroatoms. The van der Waals surface area contributed by atoms with Crippen molar-refractivity contribution < 1.29 is 19.1 Å². The Bertz CT molecular complexity index is 1170. The Kier molecular flexibility index (Phi) is 6.40. The van der Waals surface area contributed by atoms with Gasteiger partial charge < -0.3 is 9.47 Å². The van der Waals surface area contributed by atoms with Crippen molar-refractivity contribution >= 4 is 17.6 Å². The third kappa shape index (κ3) is 4.87. The average Bonchev–Trinajstić information content (AvgIpc) is 2.83. The first-order valence-corrected chi connectivity index (χ1v) is 10.9. The summed E-state index contributed by atoms with van der Waals surface area (Å²) in [5.74, 6) is 1.29. The maximum absolute atomic E-state index is 12.8. The van der Waals surface area contributed by atoms with Crippen molar-refractivity contribution in [3.8, 4) is 11.5 Å². The molecule has 2 aromatic carbocycles. The molecule has 3 aromatic rings. The monoisotopic (exact) mass is 445 g/mol. The molecule has 0 radical (unpaired) electrons. The Balaban J connectivity index is 1.55. The molecule has 7 nitrogen and oxygen atoms in total. The Labute approximate surface area is 193 Å². The lowest BCUT2D eigenvalue weighted by Crippen LogP contribution is -2.22. The molecular weight excluding hydrogens is 418 g/mol. The molecule has 0 unspecified atom stereocenters. The van der Waals surface area contributed by atoms with Crippen molar-refractivity contribution in [2.24, 2.45) is 0 Å². The van der Waals surface area contributed by atoms with E-state index in [4.69, 9.17) is 9.47 Å². The van der Waals surface area contributed by atoms with Gasteiger partial charge in [0.25, 0.3) is 5.91 Å². The molecule has 0 fully saturated rings. The molecule has 33 heavy (non-hydrogen) atoms. The summed E-state index contributed by atoms with van der Waals surface area (Å²) < 4.78 is 10.5. The first kappa shape index (κ1) is 22.5. The second kappa shape index (κ2) is 9.40. The number of nitrogens with zero attached hydrogens (tertiary/aromatic N) is 2. The van der Waals surface area contributed by atoms with Gasteiger partial charge in [0.15, 0.2) is 5.78 Å². The minimum Gasteiger partial charge on any atom is -0.497 e. The molecular formula is C26H27N3O4. The maximum Gasteiger partial charge on any atom is 0.258 e. The molecule has 170 valence electrons. The number of anilines is 1. The highest BCUT2D eigenvalue weighted by molar-refractivity contribution is 6.04. The van der Waals surface area contributed by atoms with Gasteiger partial charge in [0.05, 0.1) is 25.5 Å². The van der Waals surface area contributed by atoms with Crippen LogP contribution in [0.15, 0.2) is 48.7 Å².